The van der Waals surface area contributed by atoms with Crippen LogP contribution in [0.5, 0.6) is 0 Å². The summed E-state index contributed by atoms with van der Waals surface area (Å²) in [5, 5.41) is 12.4. The molecule has 1 atom stereocenters. The van der Waals surface area contributed by atoms with Gasteiger partial charge in [-0.15, -0.1) is 0 Å². The van der Waals surface area contributed by atoms with Gasteiger partial charge in [0.15, 0.2) is 5.67 Å². The van der Waals surface area contributed by atoms with E-state index in [0.29, 0.717) is 6.54 Å². The number of hydrogen-bond acceptors (Lipinski definition) is 3. The summed E-state index contributed by atoms with van der Waals surface area (Å²) < 4.78 is 13.4. The summed E-state index contributed by atoms with van der Waals surface area (Å²) in [6.07, 6.45) is 0.272. The van der Waals surface area contributed by atoms with Crippen molar-refractivity contribution in [3.63, 3.8) is 0 Å². The summed E-state index contributed by atoms with van der Waals surface area (Å²) in [6, 6.07) is 8.29. The number of aliphatic hydroxyl groups is 1. The first-order valence-corrected chi connectivity index (χ1v) is 7.30. The highest BCUT2D eigenvalue weighted by Gasteiger charge is 2.27. The highest BCUT2D eigenvalue weighted by Crippen LogP contribution is 2.18. The van der Waals surface area contributed by atoms with E-state index in [2.05, 4.69) is 22.3 Å². The molecule has 0 saturated heterocycles. The van der Waals surface area contributed by atoms with Gasteiger partial charge in [0.1, 0.15) is 0 Å². The minimum absolute atomic E-state index is 0.0737. The van der Waals surface area contributed by atoms with Crippen molar-refractivity contribution < 1.29 is 14.3 Å². The predicted molar refractivity (Wildman–Crippen MR) is 79.6 cm³/mol. The Kier molecular flexibility index (Phi) is 4.96. The third-order valence-electron chi connectivity index (χ3n) is 3.72. The van der Waals surface area contributed by atoms with Gasteiger partial charge in [-0.05, 0) is 31.4 Å². The second-order valence-corrected chi connectivity index (χ2v) is 6.09. The van der Waals surface area contributed by atoms with Crippen molar-refractivity contribution >= 4 is 5.91 Å². The monoisotopic (exact) mass is 294 g/mol. The Balaban J connectivity index is 1.79. The van der Waals surface area contributed by atoms with Crippen LogP contribution in [-0.2, 0) is 17.8 Å². The highest BCUT2D eigenvalue weighted by molar-refractivity contribution is 5.84. The molecule has 1 aliphatic heterocycles. The van der Waals surface area contributed by atoms with Crippen LogP contribution in [0.25, 0.3) is 0 Å². The maximum atomic E-state index is 13.4. The zero-order valence-electron chi connectivity index (χ0n) is 12.6. The molecule has 5 heteroatoms. The molecule has 1 aromatic rings. The minimum Gasteiger partial charge on any atom is -0.390 e. The van der Waals surface area contributed by atoms with Crippen LogP contribution in [0, 0.1) is 0 Å². The summed E-state index contributed by atoms with van der Waals surface area (Å²) in [7, 11) is 0. The molecule has 4 nitrogen and oxygen atoms in total. The fourth-order valence-electron chi connectivity index (χ4n) is 2.49. The Morgan fingerprint density at radius 3 is 2.76 bits per heavy atom. The second-order valence-electron chi connectivity index (χ2n) is 6.09. The molecule has 0 radical (unpaired) electrons. The number of nitrogens with one attached hydrogen (secondary N) is 1. The standard InChI is InChI=1S/C16H23FN2O2/c1-16(2,17)15(21)18-9-14(20)11-19-8-7-12-5-3-4-6-13(12)10-19/h3-6,14,20H,7-11H2,1-2H3,(H,18,21). The number of carbonyl (C=O) groups excluding carboxylic acids is 1. The van der Waals surface area contributed by atoms with Crippen molar-refractivity contribution in [2.75, 3.05) is 19.6 Å². The highest BCUT2D eigenvalue weighted by atomic mass is 19.1. The van der Waals surface area contributed by atoms with Gasteiger partial charge in [0.05, 0.1) is 6.10 Å². The number of hydrogen-bond donors (Lipinski definition) is 2. The van der Waals surface area contributed by atoms with E-state index in [1.165, 1.54) is 25.0 Å². The fraction of sp³-hybridized carbons (Fsp3) is 0.562. The molecular formula is C16H23FN2O2. The smallest absolute Gasteiger partial charge is 0.257 e. The lowest BCUT2D eigenvalue weighted by molar-refractivity contribution is -0.131. The van der Waals surface area contributed by atoms with E-state index in [-0.39, 0.29) is 6.54 Å². The molecule has 2 rings (SSSR count). The molecule has 116 valence electrons. The van der Waals surface area contributed by atoms with Crippen molar-refractivity contribution in [1.29, 1.82) is 0 Å². The first-order valence-electron chi connectivity index (χ1n) is 7.30. The number of amides is 1. The van der Waals surface area contributed by atoms with E-state index in [9.17, 15) is 14.3 Å². The Bertz CT molecular complexity index is 499. The van der Waals surface area contributed by atoms with Crippen LogP contribution in [0.1, 0.15) is 25.0 Å². The van der Waals surface area contributed by atoms with Crippen LogP contribution in [0.3, 0.4) is 0 Å². The van der Waals surface area contributed by atoms with Crippen molar-refractivity contribution in [3.8, 4) is 0 Å². The molecule has 1 heterocycles. The zero-order chi connectivity index (χ0) is 15.5. The van der Waals surface area contributed by atoms with Gasteiger partial charge in [-0.1, -0.05) is 24.3 Å². The van der Waals surface area contributed by atoms with E-state index in [1.54, 1.807) is 0 Å². The molecule has 0 aromatic heterocycles. The van der Waals surface area contributed by atoms with E-state index in [0.717, 1.165) is 19.5 Å². The number of fused-ring (bicyclic) bond motifs is 1. The van der Waals surface area contributed by atoms with Gasteiger partial charge in [0, 0.05) is 26.2 Å². The number of alkyl halides is 1. The lowest BCUT2D eigenvalue weighted by Crippen LogP contribution is -2.45. The SMILES string of the molecule is CC(C)(F)C(=O)NCC(O)CN1CCc2ccccc2C1. The molecule has 0 bridgehead atoms. The molecule has 1 aromatic carbocycles. The van der Waals surface area contributed by atoms with Crippen molar-refractivity contribution in [1.82, 2.24) is 10.2 Å². The Labute approximate surface area is 125 Å². The molecular weight excluding hydrogens is 271 g/mol. The third kappa shape index (κ3) is 4.51. The lowest BCUT2D eigenvalue weighted by atomic mass is 10.00. The normalized spacial score (nSPS) is 17.1. The maximum Gasteiger partial charge on any atom is 0.257 e. The van der Waals surface area contributed by atoms with E-state index < -0.39 is 17.7 Å². The maximum absolute atomic E-state index is 13.4. The summed E-state index contributed by atoms with van der Waals surface area (Å²) >= 11 is 0. The number of aliphatic hydroxyl groups excluding tert-OH is 1. The number of rotatable bonds is 5. The van der Waals surface area contributed by atoms with Crippen LogP contribution >= 0.6 is 0 Å². The van der Waals surface area contributed by atoms with E-state index in [4.69, 9.17) is 0 Å². The minimum atomic E-state index is -1.91. The zero-order valence-corrected chi connectivity index (χ0v) is 12.6. The molecule has 0 spiro atoms. The van der Waals surface area contributed by atoms with E-state index >= 15 is 0 Å². The molecule has 0 aliphatic carbocycles. The predicted octanol–water partition coefficient (Wildman–Crippen LogP) is 1.27. The van der Waals surface area contributed by atoms with Crippen LogP contribution in [0.2, 0.25) is 0 Å². The lowest BCUT2D eigenvalue weighted by Gasteiger charge is -2.30. The largest absolute Gasteiger partial charge is 0.390 e. The van der Waals surface area contributed by atoms with Crippen LogP contribution < -0.4 is 5.32 Å². The van der Waals surface area contributed by atoms with Crippen LogP contribution in [0.4, 0.5) is 4.39 Å². The van der Waals surface area contributed by atoms with Crippen LogP contribution in [0.15, 0.2) is 24.3 Å². The Morgan fingerprint density at radius 1 is 1.43 bits per heavy atom. The first kappa shape index (κ1) is 15.9. The topological polar surface area (TPSA) is 52.6 Å². The molecule has 0 fully saturated rings. The summed E-state index contributed by atoms with van der Waals surface area (Å²) in [6.45, 7) is 4.64. The number of β-amino-alcohol motifs (C(OH)–C–C–N with tert-alkyl or cyclic N) is 1. The first-order chi connectivity index (χ1) is 9.86. The van der Waals surface area contributed by atoms with Gasteiger partial charge in [0.2, 0.25) is 0 Å². The molecule has 21 heavy (non-hydrogen) atoms. The van der Waals surface area contributed by atoms with Crippen LogP contribution in [-0.4, -0.2) is 47.3 Å². The molecule has 2 N–H and O–H groups in total. The summed E-state index contributed by atoms with van der Waals surface area (Å²) in [4.78, 5) is 13.6. The van der Waals surface area contributed by atoms with Gasteiger partial charge >= 0.3 is 0 Å². The fourth-order valence-corrected chi connectivity index (χ4v) is 2.49. The average molecular weight is 294 g/mol. The Hall–Kier alpha value is -1.46. The van der Waals surface area contributed by atoms with Crippen molar-refractivity contribution in [2.24, 2.45) is 0 Å². The van der Waals surface area contributed by atoms with Crippen molar-refractivity contribution in [2.45, 2.75) is 38.6 Å². The average Bonchev–Trinajstić information content (AvgIpc) is 2.43. The molecule has 0 saturated carbocycles. The number of nitrogens with zero attached hydrogens (tertiary/aromatic N) is 1. The van der Waals surface area contributed by atoms with Gasteiger partial charge in [0.25, 0.3) is 5.91 Å². The second kappa shape index (κ2) is 6.54. The summed E-state index contributed by atoms with van der Waals surface area (Å²) in [5.41, 5.74) is 0.727. The van der Waals surface area contributed by atoms with Gasteiger partial charge in [-0.3, -0.25) is 9.69 Å². The molecule has 1 aliphatic rings. The van der Waals surface area contributed by atoms with E-state index in [1.807, 2.05) is 12.1 Å². The number of benzene rings is 1. The third-order valence-corrected chi connectivity index (χ3v) is 3.72. The summed E-state index contributed by atoms with van der Waals surface area (Å²) in [5.74, 6) is -0.689. The Morgan fingerprint density at radius 2 is 2.10 bits per heavy atom. The number of halogens is 1. The van der Waals surface area contributed by atoms with Gasteiger partial charge < -0.3 is 10.4 Å². The number of carbonyl (C=O) groups is 1. The van der Waals surface area contributed by atoms with Gasteiger partial charge in [-0.2, -0.15) is 0 Å². The van der Waals surface area contributed by atoms with Crippen molar-refractivity contribution in [3.05, 3.63) is 35.4 Å². The quantitative estimate of drug-likeness (QED) is 0.860. The van der Waals surface area contributed by atoms with Gasteiger partial charge in [-0.25, -0.2) is 4.39 Å². The molecule has 1 amide bonds. The molecule has 1 unspecified atom stereocenters.